The van der Waals surface area contributed by atoms with E-state index < -0.39 is 34.3 Å². The maximum absolute atomic E-state index is 14.4. The molecule has 1 amide bonds. The number of carbonyl (C=O) groups excluding carboxylic acids is 2. The lowest BCUT2D eigenvalue weighted by Crippen LogP contribution is -2.83. The van der Waals surface area contributed by atoms with E-state index in [9.17, 15) is 19.8 Å². The summed E-state index contributed by atoms with van der Waals surface area (Å²) in [4.78, 5) is 30.1. The summed E-state index contributed by atoms with van der Waals surface area (Å²) in [5.74, 6) is -1.67. The van der Waals surface area contributed by atoms with Gasteiger partial charge in [0.1, 0.15) is 16.8 Å². The topological polar surface area (TPSA) is 127 Å². The van der Waals surface area contributed by atoms with E-state index >= 15 is 0 Å². The normalized spacial score (nSPS) is 43.6. The molecule has 0 aromatic heterocycles. The number of fused-ring (bicyclic) bond motifs is 2. The molecule has 1 spiro atoms. The minimum Gasteiger partial charge on any atom is -0.454 e. The zero-order valence-electron chi connectivity index (χ0n) is 28.5. The van der Waals surface area contributed by atoms with Crippen LogP contribution in [0.2, 0.25) is 0 Å². The third kappa shape index (κ3) is 3.90. The Kier molecular flexibility index (Phi) is 7.46. The second kappa shape index (κ2) is 11.1. The fraction of sp³-hybridized carbons (Fsp3) is 0.632. The number of anilines is 1. The Hall–Kier alpha value is -2.86. The van der Waals surface area contributed by atoms with Crippen LogP contribution in [0.5, 0.6) is 0 Å². The van der Waals surface area contributed by atoms with Gasteiger partial charge in [-0.3, -0.25) is 9.69 Å². The predicted molar refractivity (Wildman–Crippen MR) is 177 cm³/mol. The van der Waals surface area contributed by atoms with E-state index in [1.165, 1.54) is 0 Å². The number of carbonyl (C=O) groups is 2. The molecular formula is C38H48N2O8. The first kappa shape index (κ1) is 32.4. The molecule has 48 heavy (non-hydrogen) atoms. The van der Waals surface area contributed by atoms with Crippen LogP contribution in [0.15, 0.2) is 48.5 Å². The summed E-state index contributed by atoms with van der Waals surface area (Å²) >= 11 is 0. The van der Waals surface area contributed by atoms with Crippen molar-refractivity contribution < 1.29 is 38.7 Å². The van der Waals surface area contributed by atoms with Gasteiger partial charge in [0.15, 0.2) is 0 Å². The van der Waals surface area contributed by atoms with Gasteiger partial charge in [-0.05, 0) is 63.4 Å². The Morgan fingerprint density at radius 2 is 1.79 bits per heavy atom. The summed E-state index contributed by atoms with van der Waals surface area (Å²) in [6.45, 7) is 5.27. The van der Waals surface area contributed by atoms with E-state index in [1.54, 1.807) is 51.7 Å². The monoisotopic (exact) mass is 660 g/mol. The van der Waals surface area contributed by atoms with Gasteiger partial charge in [-0.2, -0.15) is 0 Å². The average Bonchev–Trinajstić information content (AvgIpc) is 3.51. The summed E-state index contributed by atoms with van der Waals surface area (Å²) in [6, 6.07) is 14.3. The molecule has 10 heteroatoms. The molecular weight excluding hydrogens is 612 g/mol. The number of benzene rings is 2. The zero-order valence-corrected chi connectivity index (χ0v) is 28.5. The Bertz CT molecular complexity index is 1640. The second-order valence-corrected chi connectivity index (χ2v) is 15.3. The molecule has 10 nitrogen and oxygen atoms in total. The van der Waals surface area contributed by atoms with Crippen LogP contribution in [0.3, 0.4) is 0 Å². The van der Waals surface area contributed by atoms with E-state index in [2.05, 4.69) is 17.1 Å². The van der Waals surface area contributed by atoms with Gasteiger partial charge in [0.25, 0.3) is 5.91 Å². The molecule has 1 saturated heterocycles. The van der Waals surface area contributed by atoms with Crippen molar-refractivity contribution >= 4 is 17.6 Å². The van der Waals surface area contributed by atoms with Crippen LogP contribution in [-0.2, 0) is 18.9 Å². The number of rotatable bonds is 8. The van der Waals surface area contributed by atoms with Gasteiger partial charge >= 0.3 is 5.97 Å². The van der Waals surface area contributed by atoms with Gasteiger partial charge < -0.3 is 34.5 Å². The van der Waals surface area contributed by atoms with Crippen molar-refractivity contribution in [3.8, 4) is 0 Å². The number of aryl methyl sites for hydroxylation is 1. The molecule has 3 N–H and O–H groups in total. The fourth-order valence-corrected chi connectivity index (χ4v) is 12.4. The Labute approximate surface area is 282 Å². The molecule has 8 rings (SSSR count). The molecule has 1 unspecified atom stereocenters. The Morgan fingerprint density at radius 1 is 1.00 bits per heavy atom. The molecule has 7 bridgehead atoms. The molecule has 5 aliphatic carbocycles. The third-order valence-electron chi connectivity index (χ3n) is 13.9. The number of methoxy groups -OCH3 is 3. The van der Waals surface area contributed by atoms with Crippen LogP contribution in [0.4, 0.5) is 5.69 Å². The molecule has 1 heterocycles. The van der Waals surface area contributed by atoms with Crippen molar-refractivity contribution in [2.75, 3.05) is 39.7 Å². The molecule has 0 radical (unpaired) electrons. The van der Waals surface area contributed by atoms with Crippen molar-refractivity contribution in [2.45, 2.75) is 87.1 Å². The van der Waals surface area contributed by atoms with E-state index in [0.29, 0.717) is 62.0 Å². The van der Waals surface area contributed by atoms with Crippen LogP contribution in [0.1, 0.15) is 65.3 Å². The maximum Gasteiger partial charge on any atom is 0.340 e. The largest absolute Gasteiger partial charge is 0.454 e. The van der Waals surface area contributed by atoms with Crippen molar-refractivity contribution in [1.82, 2.24) is 4.90 Å². The number of ether oxygens (including phenoxy) is 4. The lowest BCUT2D eigenvalue weighted by atomic mass is 9.44. The number of nitrogens with one attached hydrogen (secondary N) is 1. The highest BCUT2D eigenvalue weighted by Gasteiger charge is 2.89. The summed E-state index contributed by atoms with van der Waals surface area (Å²) in [6.07, 6.45) is 1.79. The first-order chi connectivity index (χ1) is 23.0. The maximum atomic E-state index is 14.4. The van der Waals surface area contributed by atoms with Crippen LogP contribution < -0.4 is 5.32 Å². The van der Waals surface area contributed by atoms with Crippen molar-refractivity contribution in [3.63, 3.8) is 0 Å². The average molecular weight is 661 g/mol. The smallest absolute Gasteiger partial charge is 0.340 e. The van der Waals surface area contributed by atoms with E-state index in [1.807, 2.05) is 25.1 Å². The fourth-order valence-electron chi connectivity index (χ4n) is 12.4. The minimum absolute atomic E-state index is 0.0624. The SMILES string of the molecule is CCN1C[C@]2(OC(=O)c3ccccc3NC(=O)c3cccc(C)c3)CC[C@H](OC)[C@]34C1[C@H](C[C@H]23)[C@@]1(O)C[C@H](OC)[C@H]2C[C@@H]4[C@]1(O)[C@H]2OC. The third-order valence-corrected chi connectivity index (χ3v) is 13.9. The Balaban J connectivity index is 1.20. The number of amides is 1. The molecule has 2 aromatic rings. The van der Waals surface area contributed by atoms with Gasteiger partial charge in [-0.25, -0.2) is 4.79 Å². The minimum atomic E-state index is -1.50. The molecule has 2 aromatic carbocycles. The van der Waals surface area contributed by atoms with Crippen LogP contribution in [0.25, 0.3) is 0 Å². The van der Waals surface area contributed by atoms with Crippen LogP contribution in [-0.4, -0.2) is 103 Å². The highest BCUT2D eigenvalue weighted by atomic mass is 16.6. The quantitative estimate of drug-likeness (QED) is 0.363. The summed E-state index contributed by atoms with van der Waals surface area (Å²) in [5.41, 5.74) is -2.25. The first-order valence-electron chi connectivity index (χ1n) is 17.5. The summed E-state index contributed by atoms with van der Waals surface area (Å²) in [7, 11) is 5.06. The van der Waals surface area contributed by atoms with E-state index in [-0.39, 0.29) is 47.8 Å². The lowest BCUT2D eigenvalue weighted by Gasteiger charge is -2.70. The Morgan fingerprint density at radius 3 is 2.50 bits per heavy atom. The van der Waals surface area contributed by atoms with Gasteiger partial charge in [-0.15, -0.1) is 0 Å². The van der Waals surface area contributed by atoms with Crippen molar-refractivity contribution in [1.29, 1.82) is 0 Å². The zero-order chi connectivity index (χ0) is 33.8. The summed E-state index contributed by atoms with van der Waals surface area (Å²) in [5, 5.41) is 28.8. The molecule has 6 aliphatic rings. The van der Waals surface area contributed by atoms with Gasteiger partial charge in [0.2, 0.25) is 0 Å². The number of likely N-dealkylation sites (tertiary alicyclic amines) is 1. The molecule has 1 aliphatic heterocycles. The highest BCUT2D eigenvalue weighted by molar-refractivity contribution is 6.08. The molecule has 12 atom stereocenters. The number of aliphatic hydroxyl groups is 2. The van der Waals surface area contributed by atoms with Crippen LogP contribution >= 0.6 is 0 Å². The van der Waals surface area contributed by atoms with Gasteiger partial charge in [0.05, 0.1) is 29.6 Å². The molecule has 6 fully saturated rings. The van der Waals surface area contributed by atoms with Crippen molar-refractivity contribution in [2.24, 2.45) is 29.1 Å². The van der Waals surface area contributed by atoms with E-state index in [0.717, 1.165) is 5.56 Å². The number of likely N-dealkylation sites (N-methyl/N-ethyl adjacent to an activating group) is 1. The van der Waals surface area contributed by atoms with Gasteiger partial charge in [-0.1, -0.05) is 36.8 Å². The number of hydrogen-bond donors (Lipinski definition) is 3. The second-order valence-electron chi connectivity index (χ2n) is 15.3. The van der Waals surface area contributed by atoms with E-state index in [4.69, 9.17) is 18.9 Å². The lowest BCUT2D eigenvalue weighted by molar-refractivity contribution is -0.337. The van der Waals surface area contributed by atoms with Crippen LogP contribution in [0, 0.1) is 36.0 Å². The standard InChI is InChI=1S/C38H48N2O8/c1-6-40-20-35(48-34(42)23-12-7-8-13-26(23)39-33(41)22-11-9-10-21(2)16-22)15-14-30(46-4)37-28(35)18-25(31(37)40)36(43)19-27(45-3)24-17-29(37)38(36,44)32(24)47-5/h7-13,16,24-25,27-32,43-44H,6,14-15,17-20H2,1-5H3,(H,39,41)/t24-,25+,27+,28-,29+,30+,31?,32+,35-,36+,37+,38+/m1/s1. The number of para-hydroxylation sites is 1. The predicted octanol–water partition coefficient (Wildman–Crippen LogP) is 3.82. The highest BCUT2D eigenvalue weighted by Crippen LogP contribution is 2.79. The number of nitrogens with zero attached hydrogens (tertiary/aromatic N) is 1. The number of esters is 1. The molecule has 5 saturated carbocycles. The van der Waals surface area contributed by atoms with Gasteiger partial charge in [0, 0.05) is 75.0 Å². The summed E-state index contributed by atoms with van der Waals surface area (Å²) < 4.78 is 25.3. The molecule has 258 valence electrons. The van der Waals surface area contributed by atoms with Crippen molar-refractivity contribution in [3.05, 3.63) is 65.2 Å². The first-order valence-corrected chi connectivity index (χ1v) is 17.5. The number of hydrogen-bond acceptors (Lipinski definition) is 9. The number of piperidine rings is 1.